The molecule has 1 saturated heterocycles. The molecule has 2 aliphatic heterocycles. The lowest BCUT2D eigenvalue weighted by atomic mass is 9.88. The molecule has 10 nitrogen and oxygen atoms in total. The zero-order chi connectivity index (χ0) is 24.2. The lowest BCUT2D eigenvalue weighted by Crippen LogP contribution is -2.40. The minimum atomic E-state index is -0.608. The van der Waals surface area contributed by atoms with Crippen LogP contribution in [0, 0.1) is 16.0 Å². The van der Waals surface area contributed by atoms with Crippen LogP contribution >= 0.6 is 0 Å². The van der Waals surface area contributed by atoms with Crippen molar-refractivity contribution in [2.75, 3.05) is 40.0 Å². The summed E-state index contributed by atoms with van der Waals surface area (Å²) in [5.74, 6) is 0.893. The Hall–Kier alpha value is -3.82. The fourth-order valence-electron chi connectivity index (χ4n) is 4.25. The Balaban J connectivity index is 1.48. The van der Waals surface area contributed by atoms with Crippen molar-refractivity contribution in [3.8, 4) is 23.0 Å². The predicted octanol–water partition coefficient (Wildman–Crippen LogP) is 3.51. The molecule has 0 aromatic heterocycles. The third-order valence-electron chi connectivity index (χ3n) is 5.99. The topological polar surface area (TPSA) is 117 Å². The van der Waals surface area contributed by atoms with E-state index < -0.39 is 10.8 Å². The summed E-state index contributed by atoms with van der Waals surface area (Å²) in [5.41, 5.74) is 0.131. The van der Waals surface area contributed by atoms with E-state index in [9.17, 15) is 19.7 Å². The highest BCUT2D eigenvalue weighted by molar-refractivity contribution is 6.00. The summed E-state index contributed by atoms with van der Waals surface area (Å²) in [6, 6.07) is 7.72. The second-order valence-electron chi connectivity index (χ2n) is 8.00. The maximum absolute atomic E-state index is 13.2. The largest absolute Gasteiger partial charge is 0.493 e. The predicted molar refractivity (Wildman–Crippen MR) is 121 cm³/mol. The summed E-state index contributed by atoms with van der Waals surface area (Å²) in [5, 5.41) is 11.6. The van der Waals surface area contributed by atoms with Gasteiger partial charge in [-0.2, -0.15) is 0 Å². The fraction of sp³-hybridized carbons (Fsp3) is 0.417. The van der Waals surface area contributed by atoms with Gasteiger partial charge in [0.15, 0.2) is 28.8 Å². The van der Waals surface area contributed by atoms with Crippen LogP contribution in [0.3, 0.4) is 0 Å². The lowest BCUT2D eigenvalue weighted by Gasteiger charge is -2.31. The highest BCUT2D eigenvalue weighted by atomic mass is 16.6. The number of likely N-dealkylation sites (tertiary alicyclic amines) is 1. The Labute approximate surface area is 196 Å². The Morgan fingerprint density at radius 3 is 2.44 bits per heavy atom. The molecule has 10 heteroatoms. The standard InChI is InChI=1S/C24H26N2O8/c1-3-32-22-13-17(18(26(29)30)14-20(22)31-2)24(28)25-8-6-15(7-9-25)23(27)16-4-5-19-21(12-16)34-11-10-33-19/h4-5,12-15H,3,6-11H2,1-2H3. The van der Waals surface area contributed by atoms with Gasteiger partial charge < -0.3 is 23.8 Å². The van der Waals surface area contributed by atoms with E-state index in [0.717, 1.165) is 0 Å². The minimum Gasteiger partial charge on any atom is -0.493 e. The Kier molecular flexibility index (Phi) is 6.85. The number of nitro benzene ring substituents is 1. The molecule has 0 bridgehead atoms. The van der Waals surface area contributed by atoms with Gasteiger partial charge in [0.2, 0.25) is 0 Å². The number of hydrogen-bond donors (Lipinski definition) is 0. The first kappa shape index (κ1) is 23.3. The van der Waals surface area contributed by atoms with Crippen LogP contribution in [0.15, 0.2) is 30.3 Å². The molecule has 34 heavy (non-hydrogen) atoms. The van der Waals surface area contributed by atoms with Crippen LogP contribution in [0.2, 0.25) is 0 Å². The highest BCUT2D eigenvalue weighted by Crippen LogP contribution is 2.36. The van der Waals surface area contributed by atoms with Crippen molar-refractivity contribution < 1.29 is 33.5 Å². The van der Waals surface area contributed by atoms with Crippen molar-refractivity contribution >= 4 is 17.4 Å². The van der Waals surface area contributed by atoms with Gasteiger partial charge in [-0.05, 0) is 38.0 Å². The molecule has 2 aromatic rings. The van der Waals surface area contributed by atoms with E-state index in [2.05, 4.69) is 0 Å². The normalized spacial score (nSPS) is 15.5. The summed E-state index contributed by atoms with van der Waals surface area (Å²) >= 11 is 0. The van der Waals surface area contributed by atoms with Gasteiger partial charge in [-0.15, -0.1) is 0 Å². The molecule has 0 aliphatic carbocycles. The fourth-order valence-corrected chi connectivity index (χ4v) is 4.25. The summed E-state index contributed by atoms with van der Waals surface area (Å²) in [7, 11) is 1.38. The van der Waals surface area contributed by atoms with Crippen molar-refractivity contribution in [1.82, 2.24) is 4.90 Å². The van der Waals surface area contributed by atoms with E-state index >= 15 is 0 Å². The number of carbonyl (C=O) groups excluding carboxylic acids is 2. The number of methoxy groups -OCH3 is 1. The number of ether oxygens (including phenoxy) is 4. The number of ketones is 1. The van der Waals surface area contributed by atoms with Gasteiger partial charge in [0.05, 0.1) is 24.7 Å². The molecule has 4 rings (SSSR count). The van der Waals surface area contributed by atoms with Gasteiger partial charge in [0.1, 0.15) is 18.8 Å². The molecule has 0 spiro atoms. The zero-order valence-corrected chi connectivity index (χ0v) is 19.1. The van der Waals surface area contributed by atoms with E-state index in [0.29, 0.717) is 62.8 Å². The molecular weight excluding hydrogens is 444 g/mol. The van der Waals surface area contributed by atoms with E-state index in [1.807, 2.05) is 0 Å². The number of carbonyl (C=O) groups is 2. The maximum Gasteiger partial charge on any atom is 0.286 e. The van der Waals surface area contributed by atoms with E-state index in [4.69, 9.17) is 18.9 Å². The van der Waals surface area contributed by atoms with Gasteiger partial charge in [-0.3, -0.25) is 19.7 Å². The van der Waals surface area contributed by atoms with Crippen molar-refractivity contribution in [2.45, 2.75) is 19.8 Å². The summed E-state index contributed by atoms with van der Waals surface area (Å²) in [6.07, 6.45) is 0.919. The smallest absolute Gasteiger partial charge is 0.286 e. The number of rotatable bonds is 7. The van der Waals surface area contributed by atoms with Crippen LogP contribution in [-0.2, 0) is 0 Å². The number of Topliss-reactive ketones (excluding diaryl/α,β-unsaturated/α-hetero) is 1. The van der Waals surface area contributed by atoms with Crippen LogP contribution < -0.4 is 18.9 Å². The van der Waals surface area contributed by atoms with Crippen LogP contribution in [0.1, 0.15) is 40.5 Å². The van der Waals surface area contributed by atoms with Gasteiger partial charge >= 0.3 is 0 Å². The third-order valence-corrected chi connectivity index (χ3v) is 5.99. The average Bonchev–Trinajstić information content (AvgIpc) is 2.87. The van der Waals surface area contributed by atoms with Crippen LogP contribution in [0.4, 0.5) is 5.69 Å². The molecule has 1 amide bonds. The molecule has 0 unspecified atom stereocenters. The number of piperidine rings is 1. The molecule has 1 fully saturated rings. The van der Waals surface area contributed by atoms with Crippen molar-refractivity contribution in [3.05, 3.63) is 51.6 Å². The Morgan fingerprint density at radius 1 is 1.09 bits per heavy atom. The van der Waals surface area contributed by atoms with Crippen LogP contribution in [0.25, 0.3) is 0 Å². The second-order valence-corrected chi connectivity index (χ2v) is 8.00. The first-order chi connectivity index (χ1) is 16.4. The number of nitro groups is 1. The molecule has 180 valence electrons. The van der Waals surface area contributed by atoms with E-state index in [1.54, 1.807) is 25.1 Å². The molecule has 0 N–H and O–H groups in total. The van der Waals surface area contributed by atoms with Gasteiger partial charge in [-0.1, -0.05) is 0 Å². The summed E-state index contributed by atoms with van der Waals surface area (Å²) in [6.45, 7) is 3.62. The molecule has 2 heterocycles. The first-order valence-corrected chi connectivity index (χ1v) is 11.1. The van der Waals surface area contributed by atoms with E-state index in [1.165, 1.54) is 24.1 Å². The van der Waals surface area contributed by atoms with Gasteiger partial charge in [0, 0.05) is 30.6 Å². The average molecular weight is 470 g/mol. The van der Waals surface area contributed by atoms with E-state index in [-0.39, 0.29) is 34.5 Å². The van der Waals surface area contributed by atoms with Gasteiger partial charge in [-0.25, -0.2) is 0 Å². The molecule has 2 aromatic carbocycles. The summed E-state index contributed by atoms with van der Waals surface area (Å²) in [4.78, 5) is 38.8. The zero-order valence-electron chi connectivity index (χ0n) is 19.1. The molecule has 0 atom stereocenters. The minimum absolute atomic E-state index is 0.0156. The number of fused-ring (bicyclic) bond motifs is 1. The monoisotopic (exact) mass is 470 g/mol. The number of nitrogens with zero attached hydrogens (tertiary/aromatic N) is 2. The maximum atomic E-state index is 13.2. The SMILES string of the molecule is CCOc1cc(C(=O)N2CCC(C(=O)c3ccc4c(c3)OCCO4)CC2)c([N+](=O)[O-])cc1OC. The van der Waals surface area contributed by atoms with Crippen LogP contribution in [0.5, 0.6) is 23.0 Å². The number of benzene rings is 2. The Bertz CT molecular complexity index is 1110. The second kappa shape index (κ2) is 9.98. The van der Waals surface area contributed by atoms with Crippen molar-refractivity contribution in [3.63, 3.8) is 0 Å². The molecule has 2 aliphatic rings. The quantitative estimate of drug-likeness (QED) is 0.343. The number of amides is 1. The van der Waals surface area contributed by atoms with Crippen LogP contribution in [-0.4, -0.2) is 61.5 Å². The first-order valence-electron chi connectivity index (χ1n) is 11.1. The van der Waals surface area contributed by atoms with Crippen molar-refractivity contribution in [1.29, 1.82) is 0 Å². The summed E-state index contributed by atoms with van der Waals surface area (Å²) < 4.78 is 21.7. The highest BCUT2D eigenvalue weighted by Gasteiger charge is 2.33. The molecule has 0 radical (unpaired) electrons. The molecule has 0 saturated carbocycles. The van der Waals surface area contributed by atoms with Crippen molar-refractivity contribution in [2.24, 2.45) is 5.92 Å². The third kappa shape index (κ3) is 4.61. The molecular formula is C24H26N2O8. The Morgan fingerprint density at radius 2 is 1.79 bits per heavy atom. The van der Waals surface area contributed by atoms with Gasteiger partial charge in [0.25, 0.3) is 11.6 Å². The lowest BCUT2D eigenvalue weighted by molar-refractivity contribution is -0.385. The number of hydrogen-bond acceptors (Lipinski definition) is 8.